The van der Waals surface area contributed by atoms with Gasteiger partial charge in [0.1, 0.15) is 0 Å². The molecule has 1 aliphatic rings. The fraction of sp³-hybridized carbons (Fsp3) is 0.250. The van der Waals surface area contributed by atoms with Gasteiger partial charge in [0.15, 0.2) is 0 Å². The van der Waals surface area contributed by atoms with Gasteiger partial charge in [-0.05, 0) is 0 Å². The minimum atomic E-state index is -6.16. The zero-order chi connectivity index (χ0) is 29.7. The van der Waals surface area contributed by atoms with Crippen LogP contribution in [0.25, 0.3) is 0 Å². The lowest BCUT2D eigenvalue weighted by molar-refractivity contribution is -0.218. The lowest BCUT2D eigenvalue weighted by atomic mass is 10.2. The Balaban J connectivity index is 2.02. The van der Waals surface area contributed by atoms with Crippen LogP contribution in [0.5, 0.6) is 23.5 Å². The van der Waals surface area contributed by atoms with Gasteiger partial charge in [0, 0.05) is 24.3 Å². The van der Waals surface area contributed by atoms with E-state index in [0.717, 1.165) is 24.3 Å². The van der Waals surface area contributed by atoms with Crippen LogP contribution in [0, 0.1) is 0 Å². The molecule has 2 unspecified atom stereocenters. The summed E-state index contributed by atoms with van der Waals surface area (Å²) < 4.78 is 61.2. The molecular weight excluding hydrogens is 586 g/mol. The van der Waals surface area contributed by atoms with Crippen LogP contribution >= 0.6 is 0 Å². The summed E-state index contributed by atoms with van der Waals surface area (Å²) in [5.74, 6) is -12.5. The van der Waals surface area contributed by atoms with Gasteiger partial charge in [-0.3, -0.25) is 23.5 Å². The molecule has 1 aliphatic heterocycles. The van der Waals surface area contributed by atoms with Crippen LogP contribution in [0.1, 0.15) is 6.42 Å². The van der Waals surface area contributed by atoms with Crippen LogP contribution < -0.4 is 9.68 Å². The number of Topliss-reactive ketones (excluding diaryl/α,β-unsaturated/α-hetero) is 1. The SMILES string of the molecule is O=C(On1c(O)ccc1O)C(ON1C(=O)CC(S(=O)(=O)O)(S(=O)(=O)O)C1=O)C(=O)C(O)On1c(O)ccc1O. The van der Waals surface area contributed by atoms with Crippen molar-refractivity contribution in [3.8, 4) is 23.5 Å². The maximum Gasteiger partial charge on any atom is 0.372 e. The first kappa shape index (κ1) is 29.1. The molecule has 0 spiro atoms. The molecule has 0 saturated carbocycles. The van der Waals surface area contributed by atoms with E-state index in [0.29, 0.717) is 0 Å². The number of ketones is 1. The van der Waals surface area contributed by atoms with Gasteiger partial charge in [-0.2, -0.15) is 16.8 Å². The normalized spacial score (nSPS) is 17.2. The summed E-state index contributed by atoms with van der Waals surface area (Å²) in [4.78, 5) is 64.0. The third-order valence-electron chi connectivity index (χ3n) is 4.86. The van der Waals surface area contributed by atoms with Gasteiger partial charge in [0.2, 0.25) is 35.4 Å². The molecule has 1 saturated heterocycles. The van der Waals surface area contributed by atoms with E-state index >= 15 is 0 Å². The fourth-order valence-electron chi connectivity index (χ4n) is 3.00. The number of amides is 2. The second-order valence-corrected chi connectivity index (χ2v) is 10.9. The standard InChI is InChI=1S/C16H15N3O18S2/c20-6-1-2-7(21)17(6)36-13(26)11(25)12(14(27)37-18-8(22)3-4-9(18)23)35-19-10(24)5-16(15(19)28,38(29,30)31)39(32,33)34/h1-4,12-13,20-23,26H,5H2,(H,29,30,31)(H,32,33,34). The highest BCUT2D eigenvalue weighted by atomic mass is 32.3. The third kappa shape index (κ3) is 4.91. The number of nitrogens with zero attached hydrogens (tertiary/aromatic N) is 3. The van der Waals surface area contributed by atoms with Crippen molar-refractivity contribution in [2.24, 2.45) is 0 Å². The van der Waals surface area contributed by atoms with E-state index in [-0.39, 0.29) is 9.46 Å². The number of aliphatic hydroxyl groups is 1. The Hall–Kier alpha value is -4.42. The quantitative estimate of drug-likeness (QED) is 0.0585. The number of imide groups is 1. The number of hydrogen-bond acceptors (Lipinski definition) is 16. The zero-order valence-electron chi connectivity index (χ0n) is 18.5. The molecule has 23 heteroatoms. The number of aromatic hydroxyl groups is 4. The molecule has 0 aliphatic carbocycles. The molecular formula is C16H15N3O18S2. The van der Waals surface area contributed by atoms with Crippen LogP contribution in [-0.2, 0) is 44.3 Å². The maximum atomic E-state index is 12.8. The van der Waals surface area contributed by atoms with Gasteiger partial charge in [-0.1, -0.05) is 0 Å². The van der Waals surface area contributed by atoms with Crippen LogP contribution in [0.4, 0.5) is 0 Å². The maximum absolute atomic E-state index is 12.8. The van der Waals surface area contributed by atoms with Gasteiger partial charge in [0.05, 0.1) is 6.42 Å². The number of aliphatic hydroxyl groups excluding tert-OH is 1. The number of carbonyl (C=O) groups excluding carboxylic acids is 4. The monoisotopic (exact) mass is 601 g/mol. The highest BCUT2D eigenvalue weighted by Crippen LogP contribution is 2.37. The summed E-state index contributed by atoms with van der Waals surface area (Å²) in [5, 5.41) is 47.6. The van der Waals surface area contributed by atoms with Gasteiger partial charge >= 0.3 is 10.0 Å². The predicted octanol–water partition coefficient (Wildman–Crippen LogP) is -4.39. The van der Waals surface area contributed by atoms with Crippen LogP contribution in [0.2, 0.25) is 0 Å². The molecule has 2 amide bonds. The average Bonchev–Trinajstić information content (AvgIpc) is 3.40. The fourth-order valence-corrected chi connectivity index (χ4v) is 5.28. The lowest BCUT2D eigenvalue weighted by Crippen LogP contribution is -2.55. The molecule has 214 valence electrons. The minimum absolute atomic E-state index is 0.0302. The molecule has 7 N–H and O–H groups in total. The summed E-state index contributed by atoms with van der Waals surface area (Å²) in [6.45, 7) is 0. The van der Waals surface area contributed by atoms with Crippen molar-refractivity contribution >= 4 is 43.8 Å². The first-order valence-corrected chi connectivity index (χ1v) is 12.5. The molecule has 0 bridgehead atoms. The molecule has 0 radical (unpaired) electrons. The van der Waals surface area contributed by atoms with Gasteiger partial charge in [0.25, 0.3) is 38.3 Å². The van der Waals surface area contributed by atoms with Gasteiger partial charge in [-0.15, -0.1) is 14.5 Å². The Morgan fingerprint density at radius 2 is 1.26 bits per heavy atom. The zero-order valence-corrected chi connectivity index (χ0v) is 20.1. The van der Waals surface area contributed by atoms with Crippen LogP contribution in [0.15, 0.2) is 24.3 Å². The number of rotatable bonds is 10. The van der Waals surface area contributed by atoms with Crippen molar-refractivity contribution in [2.45, 2.75) is 22.9 Å². The van der Waals surface area contributed by atoms with E-state index < -0.39 is 95.3 Å². The highest BCUT2D eigenvalue weighted by Gasteiger charge is 2.70. The van der Waals surface area contributed by atoms with Crippen molar-refractivity contribution in [2.75, 3.05) is 0 Å². The Morgan fingerprint density at radius 3 is 1.67 bits per heavy atom. The Labute approximate surface area is 214 Å². The first-order chi connectivity index (χ1) is 17.8. The largest absolute Gasteiger partial charge is 0.492 e. The molecule has 21 nitrogen and oxygen atoms in total. The molecule has 1 fully saturated rings. The second kappa shape index (κ2) is 9.71. The smallest absolute Gasteiger partial charge is 0.372 e. The molecule has 39 heavy (non-hydrogen) atoms. The van der Waals surface area contributed by atoms with Crippen LogP contribution in [-0.4, -0.2) is 106 Å². The molecule has 3 rings (SSSR count). The van der Waals surface area contributed by atoms with Crippen molar-refractivity contribution in [1.29, 1.82) is 0 Å². The van der Waals surface area contributed by atoms with E-state index in [1.165, 1.54) is 0 Å². The summed E-state index contributed by atoms with van der Waals surface area (Å²) in [7, 11) is -12.3. The van der Waals surface area contributed by atoms with Gasteiger partial charge in [-0.25, -0.2) is 9.63 Å². The number of aromatic nitrogens is 2. The van der Waals surface area contributed by atoms with E-state index in [2.05, 4.69) is 14.5 Å². The van der Waals surface area contributed by atoms with E-state index in [4.69, 9.17) is 0 Å². The van der Waals surface area contributed by atoms with Gasteiger partial charge < -0.3 is 35.2 Å². The highest BCUT2D eigenvalue weighted by molar-refractivity contribution is 8.06. The van der Waals surface area contributed by atoms with E-state index in [9.17, 15) is 70.7 Å². The summed E-state index contributed by atoms with van der Waals surface area (Å²) in [6, 6.07) is 3.13. The average molecular weight is 601 g/mol. The Bertz CT molecular complexity index is 1500. The number of carbonyl (C=O) groups is 4. The van der Waals surface area contributed by atoms with E-state index in [1.54, 1.807) is 0 Å². The van der Waals surface area contributed by atoms with Crippen molar-refractivity contribution < 1.29 is 85.2 Å². The number of hydrogen-bond donors (Lipinski definition) is 7. The molecule has 0 aromatic carbocycles. The van der Waals surface area contributed by atoms with E-state index in [1.807, 2.05) is 0 Å². The Morgan fingerprint density at radius 1 is 0.821 bits per heavy atom. The minimum Gasteiger partial charge on any atom is -0.492 e. The Kier molecular flexibility index (Phi) is 7.26. The molecule has 2 aromatic rings. The van der Waals surface area contributed by atoms with Crippen molar-refractivity contribution in [1.82, 2.24) is 14.5 Å². The lowest BCUT2D eigenvalue weighted by Gasteiger charge is -2.24. The summed E-state index contributed by atoms with van der Waals surface area (Å²) >= 11 is 0. The summed E-state index contributed by atoms with van der Waals surface area (Å²) in [6.07, 6.45) is -8.10. The summed E-state index contributed by atoms with van der Waals surface area (Å²) in [5.41, 5.74) is 0. The third-order valence-corrected chi connectivity index (χ3v) is 8.43. The van der Waals surface area contributed by atoms with Crippen molar-refractivity contribution in [3.63, 3.8) is 0 Å². The van der Waals surface area contributed by atoms with Crippen molar-refractivity contribution in [3.05, 3.63) is 24.3 Å². The topological polar surface area (TPSA) is 319 Å². The first-order valence-electron chi connectivity index (χ1n) is 9.62. The molecule has 2 atom stereocenters. The molecule has 2 aromatic heterocycles. The number of hydroxylamine groups is 2. The second-order valence-electron chi connectivity index (χ2n) is 7.32. The molecule has 3 heterocycles. The van der Waals surface area contributed by atoms with Crippen LogP contribution in [0.3, 0.4) is 0 Å². The predicted molar refractivity (Wildman–Crippen MR) is 112 cm³/mol.